The Kier molecular flexibility index (Phi) is 3.91. The highest BCUT2D eigenvalue weighted by atomic mass is 16.6. The summed E-state index contributed by atoms with van der Waals surface area (Å²) < 4.78 is 0. The minimum Gasteiger partial charge on any atom is -0.397 e. The van der Waals surface area contributed by atoms with Gasteiger partial charge in [0.05, 0.1) is 11.3 Å². The number of nitrogens with zero attached hydrogens (tertiary/aromatic N) is 3. The second-order valence-corrected chi connectivity index (χ2v) is 5.13. The van der Waals surface area contributed by atoms with E-state index in [0.717, 1.165) is 29.7 Å². The molecule has 1 amide bonds. The largest absolute Gasteiger partial charge is 0.397 e. The molecule has 0 saturated carbocycles. The topological polar surface area (TPSA) is 70.6 Å². The van der Waals surface area contributed by atoms with E-state index in [2.05, 4.69) is 22.3 Å². The number of oxime groups is 1. The second-order valence-electron chi connectivity index (χ2n) is 5.13. The predicted octanol–water partition coefficient (Wildman–Crippen LogP) is 2.64. The molecule has 0 aliphatic carbocycles. The van der Waals surface area contributed by atoms with Gasteiger partial charge in [-0.2, -0.15) is 5.10 Å². The van der Waals surface area contributed by atoms with Crippen molar-refractivity contribution in [2.45, 2.75) is 19.8 Å². The fraction of sp³-hybridized carbons (Fsp3) is 0.312. The van der Waals surface area contributed by atoms with Gasteiger partial charge >= 0.3 is 0 Å². The number of unbranched alkanes of at least 4 members (excludes halogenated alkanes) is 1. The number of hydrogen-bond donors (Lipinski definition) is 1. The van der Waals surface area contributed by atoms with E-state index in [1.807, 2.05) is 24.3 Å². The molecular weight excluding hydrogens is 280 g/mol. The zero-order valence-electron chi connectivity index (χ0n) is 12.7. The van der Waals surface area contributed by atoms with E-state index in [-0.39, 0.29) is 5.91 Å². The first-order valence-corrected chi connectivity index (χ1v) is 7.34. The lowest BCUT2D eigenvalue weighted by atomic mass is 10.0. The van der Waals surface area contributed by atoms with Crippen molar-refractivity contribution in [1.29, 1.82) is 0 Å². The summed E-state index contributed by atoms with van der Waals surface area (Å²) in [6, 6.07) is 7.56. The summed E-state index contributed by atoms with van der Waals surface area (Å²) in [4.78, 5) is 19.2. The Bertz CT molecular complexity index is 707. The van der Waals surface area contributed by atoms with Crippen LogP contribution in [0.1, 0.15) is 35.7 Å². The standard InChI is InChI=1S/C16H18N4O2/c1-3-4-9-20-15(19-22-2)13-10-11(14-7-8-17-18-14)5-6-12(13)16(20)21/h5-8,10H,3-4,9H2,1-2H3,(H,17,18). The number of amides is 1. The van der Waals surface area contributed by atoms with Crippen LogP contribution in [-0.4, -0.2) is 40.5 Å². The predicted molar refractivity (Wildman–Crippen MR) is 83.5 cm³/mol. The Morgan fingerprint density at radius 3 is 2.86 bits per heavy atom. The lowest BCUT2D eigenvalue weighted by molar-refractivity contribution is 0.0852. The molecule has 0 saturated heterocycles. The number of aromatic nitrogens is 2. The lowest BCUT2D eigenvalue weighted by Crippen LogP contribution is -2.31. The van der Waals surface area contributed by atoms with Crippen LogP contribution in [0, 0.1) is 0 Å². The normalized spacial score (nSPS) is 15.5. The number of carbonyl (C=O) groups excluding carboxylic acids is 1. The Labute approximate surface area is 128 Å². The van der Waals surface area contributed by atoms with Crippen molar-refractivity contribution in [3.8, 4) is 11.3 Å². The van der Waals surface area contributed by atoms with Crippen LogP contribution in [0.4, 0.5) is 0 Å². The molecule has 6 heteroatoms. The average molecular weight is 298 g/mol. The number of fused-ring (bicyclic) bond motifs is 1. The van der Waals surface area contributed by atoms with Crippen molar-refractivity contribution in [2.24, 2.45) is 5.16 Å². The highest BCUT2D eigenvalue weighted by Crippen LogP contribution is 2.28. The maximum atomic E-state index is 12.6. The molecule has 22 heavy (non-hydrogen) atoms. The first-order chi connectivity index (χ1) is 10.8. The first-order valence-electron chi connectivity index (χ1n) is 7.34. The zero-order chi connectivity index (χ0) is 15.5. The fourth-order valence-corrected chi connectivity index (χ4v) is 2.59. The van der Waals surface area contributed by atoms with E-state index in [9.17, 15) is 4.79 Å². The molecule has 0 unspecified atom stereocenters. The van der Waals surface area contributed by atoms with Crippen LogP contribution in [-0.2, 0) is 4.84 Å². The monoisotopic (exact) mass is 298 g/mol. The molecule has 0 radical (unpaired) electrons. The Morgan fingerprint density at radius 2 is 2.18 bits per heavy atom. The molecule has 114 valence electrons. The molecule has 1 aromatic heterocycles. The summed E-state index contributed by atoms with van der Waals surface area (Å²) in [5.74, 6) is 0.557. The first kappa shape index (κ1) is 14.3. The third-order valence-corrected chi connectivity index (χ3v) is 3.70. The molecule has 1 N–H and O–H groups in total. The van der Waals surface area contributed by atoms with Crippen LogP contribution in [0.3, 0.4) is 0 Å². The van der Waals surface area contributed by atoms with Crippen molar-refractivity contribution in [3.05, 3.63) is 41.6 Å². The molecule has 2 heterocycles. The second kappa shape index (κ2) is 6.01. The van der Waals surface area contributed by atoms with Crippen molar-refractivity contribution < 1.29 is 9.63 Å². The molecule has 0 fully saturated rings. The minimum atomic E-state index is -0.0205. The van der Waals surface area contributed by atoms with Gasteiger partial charge in [0.2, 0.25) is 0 Å². The van der Waals surface area contributed by atoms with Crippen molar-refractivity contribution >= 4 is 11.7 Å². The number of nitrogens with one attached hydrogen (secondary N) is 1. The maximum absolute atomic E-state index is 12.6. The van der Waals surface area contributed by atoms with Gasteiger partial charge in [-0.3, -0.25) is 14.8 Å². The molecule has 0 bridgehead atoms. The summed E-state index contributed by atoms with van der Waals surface area (Å²) in [6.45, 7) is 2.74. The minimum absolute atomic E-state index is 0.0205. The van der Waals surface area contributed by atoms with Gasteiger partial charge in [0.15, 0.2) is 5.84 Å². The van der Waals surface area contributed by atoms with E-state index in [0.29, 0.717) is 17.9 Å². The van der Waals surface area contributed by atoms with E-state index < -0.39 is 0 Å². The highest BCUT2D eigenvalue weighted by Gasteiger charge is 2.34. The SMILES string of the molecule is CCCCN1C(=O)c2ccc(-c3cc[nH]n3)cc2C1=NOC. The molecule has 2 aromatic rings. The number of carbonyl (C=O) groups is 1. The number of aromatic amines is 1. The molecule has 1 aliphatic heterocycles. The fourth-order valence-electron chi connectivity index (χ4n) is 2.59. The summed E-state index contributed by atoms with van der Waals surface area (Å²) in [5.41, 5.74) is 3.22. The van der Waals surface area contributed by atoms with Crippen LogP contribution < -0.4 is 0 Å². The van der Waals surface area contributed by atoms with E-state index in [1.54, 1.807) is 11.1 Å². The molecular formula is C16H18N4O2. The number of rotatable bonds is 5. The summed E-state index contributed by atoms with van der Waals surface area (Å²) in [7, 11) is 1.49. The summed E-state index contributed by atoms with van der Waals surface area (Å²) in [5, 5.41) is 11.0. The van der Waals surface area contributed by atoms with Crippen LogP contribution >= 0.6 is 0 Å². The van der Waals surface area contributed by atoms with Gasteiger partial charge in [0.25, 0.3) is 5.91 Å². The molecule has 3 rings (SSSR count). The van der Waals surface area contributed by atoms with Crippen molar-refractivity contribution in [2.75, 3.05) is 13.7 Å². The molecule has 0 atom stereocenters. The lowest BCUT2D eigenvalue weighted by Gasteiger charge is -2.15. The van der Waals surface area contributed by atoms with Crippen LogP contribution in [0.5, 0.6) is 0 Å². The number of amidine groups is 1. The van der Waals surface area contributed by atoms with Gasteiger partial charge in [-0.05, 0) is 24.6 Å². The van der Waals surface area contributed by atoms with Crippen molar-refractivity contribution in [1.82, 2.24) is 15.1 Å². The number of hydrogen-bond acceptors (Lipinski definition) is 4. The van der Waals surface area contributed by atoms with Crippen LogP contribution in [0.15, 0.2) is 35.6 Å². The Hall–Kier alpha value is -2.63. The quantitative estimate of drug-likeness (QED) is 0.863. The molecule has 1 aliphatic rings. The average Bonchev–Trinajstić information content (AvgIpc) is 3.15. The van der Waals surface area contributed by atoms with Crippen molar-refractivity contribution in [3.63, 3.8) is 0 Å². The van der Waals surface area contributed by atoms with E-state index in [4.69, 9.17) is 4.84 Å². The maximum Gasteiger partial charge on any atom is 0.260 e. The molecule has 6 nitrogen and oxygen atoms in total. The van der Waals surface area contributed by atoms with Gasteiger partial charge in [0.1, 0.15) is 7.11 Å². The van der Waals surface area contributed by atoms with Gasteiger partial charge < -0.3 is 4.84 Å². The van der Waals surface area contributed by atoms with Crippen LogP contribution in [0.25, 0.3) is 11.3 Å². The third-order valence-electron chi connectivity index (χ3n) is 3.70. The van der Waals surface area contributed by atoms with Gasteiger partial charge in [-0.25, -0.2) is 0 Å². The van der Waals surface area contributed by atoms with Gasteiger partial charge in [0, 0.05) is 23.9 Å². The Morgan fingerprint density at radius 1 is 1.32 bits per heavy atom. The molecule has 1 aromatic carbocycles. The zero-order valence-corrected chi connectivity index (χ0v) is 12.7. The Balaban J connectivity index is 2.03. The number of benzene rings is 1. The third kappa shape index (κ3) is 2.36. The van der Waals surface area contributed by atoms with Gasteiger partial charge in [-0.1, -0.05) is 24.6 Å². The molecule has 0 spiro atoms. The van der Waals surface area contributed by atoms with E-state index in [1.165, 1.54) is 7.11 Å². The van der Waals surface area contributed by atoms with Gasteiger partial charge in [-0.15, -0.1) is 0 Å². The van der Waals surface area contributed by atoms with Crippen LogP contribution in [0.2, 0.25) is 0 Å². The smallest absolute Gasteiger partial charge is 0.260 e. The summed E-state index contributed by atoms with van der Waals surface area (Å²) in [6.07, 6.45) is 3.71. The summed E-state index contributed by atoms with van der Waals surface area (Å²) >= 11 is 0. The highest BCUT2D eigenvalue weighted by molar-refractivity contribution is 6.23. The number of H-pyrrole nitrogens is 1. The van der Waals surface area contributed by atoms with E-state index >= 15 is 0 Å².